The van der Waals surface area contributed by atoms with Gasteiger partial charge in [-0.15, -0.1) is 0 Å². The first-order valence-electron chi connectivity index (χ1n) is 6.01. The maximum atomic E-state index is 13.0. The zero-order valence-electron chi connectivity index (χ0n) is 10.9. The third-order valence-electron chi connectivity index (χ3n) is 2.51. The summed E-state index contributed by atoms with van der Waals surface area (Å²) in [5.74, 6) is 4.88. The molecule has 21 heavy (non-hydrogen) atoms. The molecule has 0 spiro atoms. The molecule has 2 aromatic rings. The first kappa shape index (κ1) is 15.0. The lowest BCUT2D eigenvalue weighted by atomic mass is 10.2. The third-order valence-corrected chi connectivity index (χ3v) is 2.82. The summed E-state index contributed by atoms with van der Waals surface area (Å²) in [6, 6.07) is 6.86. The largest absolute Gasteiger partial charge is 0.320 e. The van der Waals surface area contributed by atoms with E-state index >= 15 is 0 Å². The van der Waals surface area contributed by atoms with Gasteiger partial charge in [0.2, 0.25) is 0 Å². The molecule has 0 aliphatic carbocycles. The number of nitrogens with one attached hydrogen (secondary N) is 1. The van der Waals surface area contributed by atoms with Crippen LogP contribution in [0.5, 0.6) is 0 Å². The number of carbonyl (C=O) groups is 1. The topological polar surface area (TPSA) is 68.0 Å². The Morgan fingerprint density at radius 2 is 2.19 bits per heavy atom. The van der Waals surface area contributed by atoms with Gasteiger partial charge < -0.3 is 11.1 Å². The number of anilines is 1. The lowest BCUT2D eigenvalue weighted by Gasteiger charge is -2.06. The van der Waals surface area contributed by atoms with Gasteiger partial charge in [0.25, 0.3) is 5.91 Å². The van der Waals surface area contributed by atoms with Gasteiger partial charge in [-0.3, -0.25) is 4.79 Å². The maximum Gasteiger partial charge on any atom is 0.258 e. The van der Waals surface area contributed by atoms with Crippen molar-refractivity contribution in [2.24, 2.45) is 5.73 Å². The van der Waals surface area contributed by atoms with Crippen molar-refractivity contribution in [1.29, 1.82) is 0 Å². The molecule has 0 bridgehead atoms. The number of hydrogen-bond acceptors (Lipinski definition) is 3. The Morgan fingerprint density at radius 1 is 1.38 bits per heavy atom. The van der Waals surface area contributed by atoms with Gasteiger partial charge in [0, 0.05) is 11.8 Å². The van der Waals surface area contributed by atoms with Crippen LogP contribution < -0.4 is 11.1 Å². The summed E-state index contributed by atoms with van der Waals surface area (Å²) in [4.78, 5) is 16.1. The van der Waals surface area contributed by atoms with Crippen molar-refractivity contribution in [3.63, 3.8) is 0 Å². The Balaban J connectivity index is 2.19. The van der Waals surface area contributed by atoms with Crippen molar-refractivity contribution in [3.8, 4) is 11.8 Å². The molecule has 0 radical (unpaired) electrons. The molecule has 106 valence electrons. The molecular weight excluding hydrogens is 293 g/mol. The van der Waals surface area contributed by atoms with E-state index in [2.05, 4.69) is 22.1 Å². The van der Waals surface area contributed by atoms with Crippen LogP contribution in [0.1, 0.15) is 15.9 Å². The highest BCUT2D eigenvalue weighted by Gasteiger charge is 2.11. The number of hydrogen-bond donors (Lipinski definition) is 2. The minimum absolute atomic E-state index is 0.0339. The van der Waals surface area contributed by atoms with Crippen LogP contribution in [-0.4, -0.2) is 17.4 Å². The van der Waals surface area contributed by atoms with Crippen molar-refractivity contribution in [3.05, 3.63) is 58.5 Å². The van der Waals surface area contributed by atoms with Gasteiger partial charge in [-0.05, 0) is 30.3 Å². The van der Waals surface area contributed by atoms with Crippen LogP contribution in [0.25, 0.3) is 0 Å². The average Bonchev–Trinajstić information content (AvgIpc) is 2.45. The van der Waals surface area contributed by atoms with E-state index in [1.165, 1.54) is 12.3 Å². The Labute approximate surface area is 126 Å². The summed E-state index contributed by atoms with van der Waals surface area (Å²) < 4.78 is 13.0. The number of halogens is 2. The lowest BCUT2D eigenvalue weighted by molar-refractivity contribution is 0.102. The van der Waals surface area contributed by atoms with Gasteiger partial charge in [-0.1, -0.05) is 23.4 Å². The van der Waals surface area contributed by atoms with Gasteiger partial charge in [0.15, 0.2) is 0 Å². The van der Waals surface area contributed by atoms with Crippen LogP contribution in [0.4, 0.5) is 10.2 Å². The Hall–Kier alpha value is -2.42. The molecule has 6 heteroatoms. The summed E-state index contributed by atoms with van der Waals surface area (Å²) >= 11 is 5.83. The second-order valence-corrected chi connectivity index (χ2v) is 4.42. The number of nitrogens with zero attached hydrogens (tertiary/aromatic N) is 1. The van der Waals surface area contributed by atoms with Gasteiger partial charge in [-0.25, -0.2) is 9.37 Å². The molecule has 1 heterocycles. The SMILES string of the molecule is NCC#Cc1ccnc(NC(=O)c2ccc(F)cc2Cl)c1. The molecule has 0 aliphatic rings. The molecular formula is C15H11ClFN3O. The van der Waals surface area contributed by atoms with E-state index in [0.717, 1.165) is 12.1 Å². The van der Waals surface area contributed by atoms with E-state index in [0.29, 0.717) is 11.4 Å². The fourth-order valence-electron chi connectivity index (χ4n) is 1.59. The maximum absolute atomic E-state index is 13.0. The molecule has 0 unspecified atom stereocenters. The summed E-state index contributed by atoms with van der Waals surface area (Å²) in [6.07, 6.45) is 1.52. The van der Waals surface area contributed by atoms with Gasteiger partial charge in [0.1, 0.15) is 11.6 Å². The Morgan fingerprint density at radius 3 is 2.90 bits per heavy atom. The minimum atomic E-state index is -0.506. The molecule has 0 saturated heterocycles. The predicted molar refractivity (Wildman–Crippen MR) is 79.5 cm³/mol. The van der Waals surface area contributed by atoms with Crippen molar-refractivity contribution >= 4 is 23.3 Å². The van der Waals surface area contributed by atoms with Gasteiger partial charge in [0.05, 0.1) is 17.1 Å². The van der Waals surface area contributed by atoms with Crippen molar-refractivity contribution < 1.29 is 9.18 Å². The zero-order valence-corrected chi connectivity index (χ0v) is 11.6. The molecule has 1 aromatic heterocycles. The van der Waals surface area contributed by atoms with Crippen LogP contribution >= 0.6 is 11.6 Å². The summed E-state index contributed by atoms with van der Waals surface area (Å²) in [7, 11) is 0. The second kappa shape index (κ2) is 6.84. The smallest absolute Gasteiger partial charge is 0.258 e. The number of aromatic nitrogens is 1. The number of carbonyl (C=O) groups excluding carboxylic acids is 1. The van der Waals surface area contributed by atoms with Gasteiger partial charge in [-0.2, -0.15) is 0 Å². The van der Waals surface area contributed by atoms with Crippen LogP contribution in [-0.2, 0) is 0 Å². The lowest BCUT2D eigenvalue weighted by Crippen LogP contribution is -2.13. The quantitative estimate of drug-likeness (QED) is 0.837. The summed E-state index contributed by atoms with van der Waals surface area (Å²) in [5.41, 5.74) is 6.14. The minimum Gasteiger partial charge on any atom is -0.320 e. The first-order valence-corrected chi connectivity index (χ1v) is 6.39. The standard InChI is InChI=1S/C15H11ClFN3O/c16-13-9-11(17)3-4-12(13)15(21)20-14-8-10(2-1-6-18)5-7-19-14/h3-5,7-9H,6,18H2,(H,19,20,21). The number of rotatable bonds is 2. The molecule has 0 saturated carbocycles. The van der Waals surface area contributed by atoms with Crippen LogP contribution in [0.3, 0.4) is 0 Å². The highest BCUT2D eigenvalue weighted by atomic mass is 35.5. The molecule has 0 atom stereocenters. The van der Waals surface area contributed by atoms with Crippen LogP contribution in [0.15, 0.2) is 36.5 Å². The molecule has 3 N–H and O–H groups in total. The van der Waals surface area contributed by atoms with E-state index in [4.69, 9.17) is 17.3 Å². The number of amides is 1. The van der Waals surface area contributed by atoms with Crippen molar-refractivity contribution in [1.82, 2.24) is 4.98 Å². The average molecular weight is 304 g/mol. The second-order valence-electron chi connectivity index (χ2n) is 4.01. The van der Waals surface area contributed by atoms with Crippen LogP contribution in [0.2, 0.25) is 5.02 Å². The van der Waals surface area contributed by atoms with E-state index in [-0.39, 0.29) is 17.1 Å². The summed E-state index contributed by atoms with van der Waals surface area (Å²) in [6.45, 7) is 0.245. The monoisotopic (exact) mass is 303 g/mol. The Bertz CT molecular complexity index is 737. The normalized spacial score (nSPS) is 9.67. The Kier molecular flexibility index (Phi) is 4.88. The van der Waals surface area contributed by atoms with E-state index in [9.17, 15) is 9.18 Å². The number of pyridine rings is 1. The van der Waals surface area contributed by atoms with E-state index in [1.807, 2.05) is 0 Å². The molecule has 0 fully saturated rings. The van der Waals surface area contributed by atoms with Crippen molar-refractivity contribution in [2.45, 2.75) is 0 Å². The van der Waals surface area contributed by atoms with Crippen molar-refractivity contribution in [2.75, 3.05) is 11.9 Å². The summed E-state index contributed by atoms with van der Waals surface area (Å²) in [5, 5.41) is 2.61. The highest BCUT2D eigenvalue weighted by Crippen LogP contribution is 2.18. The fraction of sp³-hybridized carbons (Fsp3) is 0.0667. The molecule has 4 nitrogen and oxygen atoms in total. The molecule has 1 aromatic carbocycles. The van der Waals surface area contributed by atoms with Gasteiger partial charge >= 0.3 is 0 Å². The van der Waals surface area contributed by atoms with Crippen LogP contribution in [0, 0.1) is 17.7 Å². The molecule has 0 aliphatic heterocycles. The third kappa shape index (κ3) is 4.02. The van der Waals surface area contributed by atoms with E-state index < -0.39 is 11.7 Å². The number of nitrogens with two attached hydrogens (primary N) is 1. The first-order chi connectivity index (χ1) is 10.1. The molecule has 2 rings (SSSR count). The fourth-order valence-corrected chi connectivity index (χ4v) is 1.84. The highest BCUT2D eigenvalue weighted by molar-refractivity contribution is 6.34. The van der Waals surface area contributed by atoms with E-state index in [1.54, 1.807) is 12.1 Å². The predicted octanol–water partition coefficient (Wildman–Crippen LogP) is 2.44. The number of benzene rings is 1. The zero-order chi connectivity index (χ0) is 15.2. The molecule has 1 amide bonds.